The molecule has 5 nitrogen and oxygen atoms in total. The molecule has 1 saturated carbocycles. The van der Waals surface area contributed by atoms with E-state index in [4.69, 9.17) is 9.41 Å². The molecule has 0 amide bonds. The van der Waals surface area contributed by atoms with Gasteiger partial charge in [0.25, 0.3) is 0 Å². The van der Waals surface area contributed by atoms with Crippen molar-refractivity contribution in [3.63, 3.8) is 0 Å². The van der Waals surface area contributed by atoms with Gasteiger partial charge >= 0.3 is 0 Å². The predicted octanol–water partition coefficient (Wildman–Crippen LogP) is 4.00. The average molecular weight is 361 g/mol. The molecule has 0 aromatic carbocycles. The van der Waals surface area contributed by atoms with Crippen molar-refractivity contribution in [2.24, 2.45) is 4.99 Å². The number of thiazole rings is 1. The summed E-state index contributed by atoms with van der Waals surface area (Å²) in [5.74, 6) is 1.96. The fourth-order valence-electron chi connectivity index (χ4n) is 3.23. The minimum Gasteiger partial charge on any atom is -0.469 e. The van der Waals surface area contributed by atoms with Gasteiger partial charge in [-0.3, -0.25) is 4.99 Å². The fourth-order valence-corrected chi connectivity index (χ4v) is 3.84. The molecule has 0 unspecified atom stereocenters. The molecule has 0 spiro atoms. The molecule has 1 N–H and O–H groups in total. The number of aliphatic imine (C=N–C) groups is 1. The van der Waals surface area contributed by atoms with Crippen molar-refractivity contribution < 1.29 is 4.42 Å². The molecule has 1 fully saturated rings. The van der Waals surface area contributed by atoms with Crippen LogP contribution in [0.4, 0.5) is 0 Å². The molecule has 2 heterocycles. The zero-order valence-electron chi connectivity index (χ0n) is 15.2. The number of guanidine groups is 1. The summed E-state index contributed by atoms with van der Waals surface area (Å²) in [6.45, 7) is 3.56. The van der Waals surface area contributed by atoms with Gasteiger partial charge in [0, 0.05) is 31.4 Å². The van der Waals surface area contributed by atoms with Crippen LogP contribution in [-0.2, 0) is 13.0 Å². The molecule has 0 bridgehead atoms. The second-order valence-electron chi connectivity index (χ2n) is 6.73. The molecular formula is C19H28N4OS. The molecule has 2 aromatic rings. The lowest BCUT2D eigenvalue weighted by Gasteiger charge is -2.29. The Morgan fingerprint density at radius 2 is 2.24 bits per heavy atom. The van der Waals surface area contributed by atoms with Crippen molar-refractivity contribution in [1.82, 2.24) is 15.2 Å². The van der Waals surface area contributed by atoms with Gasteiger partial charge in [-0.2, -0.15) is 0 Å². The van der Waals surface area contributed by atoms with E-state index in [2.05, 4.69) is 27.6 Å². The zero-order valence-corrected chi connectivity index (χ0v) is 16.0. The summed E-state index contributed by atoms with van der Waals surface area (Å²) < 4.78 is 5.41. The van der Waals surface area contributed by atoms with E-state index in [9.17, 15) is 0 Å². The number of nitrogens with zero attached hydrogens (tertiary/aromatic N) is 3. The monoisotopic (exact) mass is 360 g/mol. The van der Waals surface area contributed by atoms with Gasteiger partial charge in [0.05, 0.1) is 23.5 Å². The lowest BCUT2D eigenvalue weighted by atomic mass is 9.96. The van der Waals surface area contributed by atoms with Crippen LogP contribution in [0.1, 0.15) is 48.6 Å². The van der Waals surface area contributed by atoms with E-state index in [1.807, 2.05) is 19.1 Å². The number of rotatable bonds is 6. The molecule has 1 aliphatic carbocycles. The van der Waals surface area contributed by atoms with Crippen LogP contribution in [0.5, 0.6) is 0 Å². The van der Waals surface area contributed by atoms with Crippen LogP contribution in [0.25, 0.3) is 0 Å². The number of aryl methyl sites for hydroxylation is 1. The van der Waals surface area contributed by atoms with Crippen molar-refractivity contribution in [3.05, 3.63) is 40.2 Å². The Kier molecular flexibility index (Phi) is 6.50. The lowest BCUT2D eigenvalue weighted by Crippen LogP contribution is -2.45. The minimum absolute atomic E-state index is 0.538. The summed E-state index contributed by atoms with van der Waals surface area (Å²) in [6.07, 6.45) is 9.00. The van der Waals surface area contributed by atoms with E-state index in [-0.39, 0.29) is 0 Å². The van der Waals surface area contributed by atoms with Crippen molar-refractivity contribution in [3.8, 4) is 0 Å². The molecule has 0 atom stereocenters. The van der Waals surface area contributed by atoms with E-state index in [0.29, 0.717) is 6.04 Å². The standard InChI is InChI=1S/C19H28N4OS/c1-15-21-17(14-25-15)13-23(2)19(22-16-7-4-3-5-8-16)20-11-10-18-9-6-12-24-18/h6,9,12,14,16H,3-5,7-8,10-11,13H2,1-2H3,(H,20,22). The lowest BCUT2D eigenvalue weighted by molar-refractivity contribution is 0.385. The molecule has 0 saturated heterocycles. The normalized spacial score (nSPS) is 16.2. The van der Waals surface area contributed by atoms with Crippen LogP contribution in [0.15, 0.2) is 33.2 Å². The summed E-state index contributed by atoms with van der Waals surface area (Å²) in [4.78, 5) is 11.6. The van der Waals surface area contributed by atoms with Crippen molar-refractivity contribution >= 4 is 17.3 Å². The summed E-state index contributed by atoms with van der Waals surface area (Å²) in [7, 11) is 2.09. The van der Waals surface area contributed by atoms with E-state index >= 15 is 0 Å². The summed E-state index contributed by atoms with van der Waals surface area (Å²) in [5.41, 5.74) is 1.11. The third kappa shape index (κ3) is 5.59. The molecule has 3 rings (SSSR count). The van der Waals surface area contributed by atoms with Gasteiger partial charge in [-0.15, -0.1) is 11.3 Å². The molecule has 25 heavy (non-hydrogen) atoms. The Bertz CT molecular complexity index is 659. The number of hydrogen-bond acceptors (Lipinski definition) is 4. The van der Waals surface area contributed by atoms with E-state index in [0.717, 1.165) is 41.9 Å². The highest BCUT2D eigenvalue weighted by molar-refractivity contribution is 7.09. The van der Waals surface area contributed by atoms with Gasteiger partial charge in [-0.05, 0) is 31.9 Å². The molecule has 0 radical (unpaired) electrons. The number of furan rings is 1. The third-order valence-electron chi connectivity index (χ3n) is 4.57. The van der Waals surface area contributed by atoms with Gasteiger partial charge in [0.15, 0.2) is 5.96 Å². The Labute approximate surface area is 154 Å². The Morgan fingerprint density at radius 1 is 1.40 bits per heavy atom. The van der Waals surface area contributed by atoms with Gasteiger partial charge < -0.3 is 14.6 Å². The second kappa shape index (κ2) is 9.04. The van der Waals surface area contributed by atoms with E-state index in [1.54, 1.807) is 17.6 Å². The predicted molar refractivity (Wildman–Crippen MR) is 103 cm³/mol. The van der Waals surface area contributed by atoms with Crippen molar-refractivity contribution in [2.75, 3.05) is 13.6 Å². The number of hydrogen-bond donors (Lipinski definition) is 1. The second-order valence-corrected chi connectivity index (χ2v) is 7.79. The Morgan fingerprint density at radius 3 is 2.92 bits per heavy atom. The first-order chi connectivity index (χ1) is 12.2. The molecule has 2 aromatic heterocycles. The van der Waals surface area contributed by atoms with Crippen LogP contribution in [-0.4, -0.2) is 35.5 Å². The maximum absolute atomic E-state index is 5.41. The highest BCUT2D eigenvalue weighted by Gasteiger charge is 2.17. The molecule has 136 valence electrons. The highest BCUT2D eigenvalue weighted by atomic mass is 32.1. The fraction of sp³-hybridized carbons (Fsp3) is 0.579. The number of aromatic nitrogens is 1. The summed E-state index contributed by atoms with van der Waals surface area (Å²) >= 11 is 1.70. The molecule has 0 aliphatic heterocycles. The van der Waals surface area contributed by atoms with E-state index in [1.165, 1.54) is 32.1 Å². The minimum atomic E-state index is 0.538. The van der Waals surface area contributed by atoms with Crippen LogP contribution >= 0.6 is 11.3 Å². The van der Waals surface area contributed by atoms with Crippen LogP contribution in [0.2, 0.25) is 0 Å². The smallest absolute Gasteiger partial charge is 0.194 e. The van der Waals surface area contributed by atoms with Crippen molar-refractivity contribution in [2.45, 2.75) is 58.0 Å². The first-order valence-electron chi connectivity index (χ1n) is 9.16. The molecule has 6 heteroatoms. The molecular weight excluding hydrogens is 332 g/mol. The number of nitrogens with one attached hydrogen (secondary N) is 1. The van der Waals surface area contributed by atoms with Crippen LogP contribution < -0.4 is 5.32 Å². The maximum Gasteiger partial charge on any atom is 0.194 e. The van der Waals surface area contributed by atoms with E-state index < -0.39 is 0 Å². The Hall–Kier alpha value is -1.82. The highest BCUT2D eigenvalue weighted by Crippen LogP contribution is 2.18. The molecule has 1 aliphatic rings. The van der Waals surface area contributed by atoms with Gasteiger partial charge in [-0.25, -0.2) is 4.98 Å². The van der Waals surface area contributed by atoms with Crippen LogP contribution in [0, 0.1) is 6.92 Å². The van der Waals surface area contributed by atoms with Gasteiger partial charge in [0.2, 0.25) is 0 Å². The Balaban J connectivity index is 1.63. The SMILES string of the molecule is Cc1nc(CN(C)C(=NCCc2ccco2)NC2CCCCC2)cs1. The topological polar surface area (TPSA) is 53.7 Å². The first kappa shape index (κ1) is 18.0. The largest absolute Gasteiger partial charge is 0.469 e. The van der Waals surface area contributed by atoms with Crippen LogP contribution in [0.3, 0.4) is 0 Å². The maximum atomic E-state index is 5.41. The third-order valence-corrected chi connectivity index (χ3v) is 5.39. The van der Waals surface area contributed by atoms with Crippen molar-refractivity contribution in [1.29, 1.82) is 0 Å². The van der Waals surface area contributed by atoms with Gasteiger partial charge in [-0.1, -0.05) is 19.3 Å². The first-order valence-corrected chi connectivity index (χ1v) is 10.0. The summed E-state index contributed by atoms with van der Waals surface area (Å²) in [6, 6.07) is 4.47. The average Bonchev–Trinajstić information content (AvgIpc) is 3.27. The quantitative estimate of drug-likeness (QED) is 0.625. The summed E-state index contributed by atoms with van der Waals surface area (Å²) in [5, 5.41) is 6.93. The zero-order chi connectivity index (χ0) is 17.5. The van der Waals surface area contributed by atoms with Gasteiger partial charge in [0.1, 0.15) is 5.76 Å².